The first-order valence-electron chi connectivity index (χ1n) is 7.77. The van der Waals surface area contributed by atoms with E-state index in [0.717, 1.165) is 0 Å². The number of piperidine rings is 1. The van der Waals surface area contributed by atoms with Gasteiger partial charge in [-0.05, 0) is 18.9 Å². The number of nitro groups is 1. The summed E-state index contributed by atoms with van der Waals surface area (Å²) in [5.41, 5.74) is 0.00409. The summed E-state index contributed by atoms with van der Waals surface area (Å²) in [4.78, 5) is 35.6. The number of para-hydroxylation sites is 1. The molecule has 1 aromatic heterocycles. The third-order valence-corrected chi connectivity index (χ3v) is 4.31. The lowest BCUT2D eigenvalue weighted by molar-refractivity contribution is -0.385. The van der Waals surface area contributed by atoms with Gasteiger partial charge in [0.05, 0.1) is 22.7 Å². The largest absolute Gasteiger partial charge is 0.478 e. The van der Waals surface area contributed by atoms with E-state index >= 15 is 0 Å². The Morgan fingerprint density at radius 3 is 2.52 bits per heavy atom. The molecule has 9 nitrogen and oxygen atoms in total. The summed E-state index contributed by atoms with van der Waals surface area (Å²) in [7, 11) is 0. The highest BCUT2D eigenvalue weighted by molar-refractivity contribution is 5.98. The average molecular weight is 344 g/mol. The smallest absolute Gasteiger partial charge is 0.338 e. The topological polar surface area (TPSA) is 119 Å². The lowest BCUT2D eigenvalue weighted by atomic mass is 10.0. The van der Waals surface area contributed by atoms with Gasteiger partial charge in [0.25, 0.3) is 11.6 Å². The minimum atomic E-state index is -1.03. The number of nitro benzene ring substituents is 1. The molecule has 3 rings (SSSR count). The lowest BCUT2D eigenvalue weighted by Crippen LogP contribution is -2.39. The van der Waals surface area contributed by atoms with E-state index in [1.807, 2.05) is 0 Å². The summed E-state index contributed by atoms with van der Waals surface area (Å²) in [6.07, 6.45) is 3.99. The number of hydrogen-bond acceptors (Lipinski definition) is 5. The normalized spacial score (nSPS) is 15.1. The number of likely N-dealkylation sites (tertiary alicyclic amines) is 1. The molecule has 1 saturated heterocycles. The Morgan fingerprint density at radius 1 is 1.24 bits per heavy atom. The monoisotopic (exact) mass is 344 g/mol. The summed E-state index contributed by atoms with van der Waals surface area (Å²) in [5, 5.41) is 24.1. The van der Waals surface area contributed by atoms with Gasteiger partial charge < -0.3 is 10.0 Å². The number of carbonyl (C=O) groups is 2. The van der Waals surface area contributed by atoms with E-state index in [1.54, 1.807) is 15.6 Å². The van der Waals surface area contributed by atoms with Crippen LogP contribution in [0.1, 0.15) is 39.6 Å². The summed E-state index contributed by atoms with van der Waals surface area (Å²) < 4.78 is 1.61. The molecule has 2 heterocycles. The number of carboxylic acid groups (broad SMARTS) is 1. The zero-order chi connectivity index (χ0) is 18.0. The van der Waals surface area contributed by atoms with Gasteiger partial charge in [0.1, 0.15) is 5.56 Å². The number of nitrogens with zero attached hydrogens (tertiary/aromatic N) is 4. The Morgan fingerprint density at radius 2 is 1.92 bits per heavy atom. The Kier molecular flexibility index (Phi) is 4.46. The molecular formula is C16H16N4O5. The molecule has 0 spiro atoms. The molecule has 1 aromatic carbocycles. The van der Waals surface area contributed by atoms with Crippen LogP contribution in [0.2, 0.25) is 0 Å². The van der Waals surface area contributed by atoms with Crippen molar-refractivity contribution in [2.24, 2.45) is 0 Å². The Labute approximate surface area is 142 Å². The van der Waals surface area contributed by atoms with Gasteiger partial charge in [-0.1, -0.05) is 12.1 Å². The molecule has 0 aliphatic carbocycles. The molecule has 2 aromatic rings. The predicted molar refractivity (Wildman–Crippen MR) is 86.5 cm³/mol. The second-order valence-electron chi connectivity index (χ2n) is 5.81. The minimum absolute atomic E-state index is 0.00269. The van der Waals surface area contributed by atoms with Gasteiger partial charge in [-0.2, -0.15) is 5.10 Å². The number of hydrogen-bond donors (Lipinski definition) is 1. The molecule has 0 radical (unpaired) electrons. The van der Waals surface area contributed by atoms with Crippen molar-refractivity contribution in [1.29, 1.82) is 0 Å². The van der Waals surface area contributed by atoms with Crippen LogP contribution in [0.3, 0.4) is 0 Å². The molecule has 1 fully saturated rings. The number of benzene rings is 1. The van der Waals surface area contributed by atoms with Crippen LogP contribution in [0.25, 0.3) is 0 Å². The minimum Gasteiger partial charge on any atom is -0.478 e. The van der Waals surface area contributed by atoms with Crippen molar-refractivity contribution in [3.8, 4) is 0 Å². The third-order valence-electron chi connectivity index (χ3n) is 4.31. The summed E-state index contributed by atoms with van der Waals surface area (Å²) in [6, 6.07) is 5.90. The highest BCUT2D eigenvalue weighted by Crippen LogP contribution is 2.26. The van der Waals surface area contributed by atoms with E-state index in [-0.39, 0.29) is 28.8 Å². The number of carbonyl (C=O) groups excluding carboxylic acids is 1. The average Bonchev–Trinajstić information content (AvgIpc) is 3.11. The van der Waals surface area contributed by atoms with E-state index in [2.05, 4.69) is 5.10 Å². The first kappa shape index (κ1) is 16.6. The van der Waals surface area contributed by atoms with Crippen LogP contribution in [0.15, 0.2) is 36.7 Å². The van der Waals surface area contributed by atoms with Crippen molar-refractivity contribution in [3.05, 3.63) is 57.9 Å². The molecule has 0 unspecified atom stereocenters. The Balaban J connectivity index is 1.69. The van der Waals surface area contributed by atoms with Crippen molar-refractivity contribution in [3.63, 3.8) is 0 Å². The maximum absolute atomic E-state index is 12.6. The van der Waals surface area contributed by atoms with Crippen molar-refractivity contribution in [1.82, 2.24) is 14.7 Å². The fourth-order valence-electron chi connectivity index (χ4n) is 2.97. The first-order valence-corrected chi connectivity index (χ1v) is 7.77. The molecule has 0 saturated carbocycles. The van der Waals surface area contributed by atoms with Crippen LogP contribution in [-0.4, -0.2) is 49.7 Å². The zero-order valence-corrected chi connectivity index (χ0v) is 13.2. The van der Waals surface area contributed by atoms with Crippen LogP contribution in [0, 0.1) is 10.1 Å². The molecule has 1 amide bonds. The Bertz CT molecular complexity index is 823. The predicted octanol–water partition coefficient (Wildman–Crippen LogP) is 1.97. The van der Waals surface area contributed by atoms with E-state index in [4.69, 9.17) is 5.11 Å². The number of aromatic nitrogens is 2. The molecule has 1 aliphatic rings. The van der Waals surface area contributed by atoms with E-state index in [0.29, 0.717) is 25.9 Å². The van der Waals surface area contributed by atoms with Gasteiger partial charge in [-0.15, -0.1) is 0 Å². The van der Waals surface area contributed by atoms with Crippen LogP contribution in [-0.2, 0) is 0 Å². The number of aromatic carboxylic acids is 1. The van der Waals surface area contributed by atoms with Gasteiger partial charge in [0.15, 0.2) is 0 Å². The molecule has 0 atom stereocenters. The van der Waals surface area contributed by atoms with Gasteiger partial charge >= 0.3 is 5.97 Å². The lowest BCUT2D eigenvalue weighted by Gasteiger charge is -2.32. The maximum atomic E-state index is 12.6. The van der Waals surface area contributed by atoms with Crippen LogP contribution < -0.4 is 0 Å². The summed E-state index contributed by atoms with van der Waals surface area (Å²) in [6.45, 7) is 0.857. The fourth-order valence-corrected chi connectivity index (χ4v) is 2.97. The van der Waals surface area contributed by atoms with Crippen molar-refractivity contribution < 1.29 is 19.6 Å². The molecule has 9 heteroatoms. The van der Waals surface area contributed by atoms with Crippen LogP contribution in [0.4, 0.5) is 5.69 Å². The highest BCUT2D eigenvalue weighted by atomic mass is 16.6. The van der Waals surface area contributed by atoms with Gasteiger partial charge in [0.2, 0.25) is 0 Å². The Hall–Kier alpha value is -3.23. The molecular weight excluding hydrogens is 328 g/mol. The van der Waals surface area contributed by atoms with Gasteiger partial charge in [-0.3, -0.25) is 19.6 Å². The van der Waals surface area contributed by atoms with Crippen molar-refractivity contribution >= 4 is 17.6 Å². The highest BCUT2D eigenvalue weighted by Gasteiger charge is 2.28. The molecule has 1 N–H and O–H groups in total. The molecule has 25 heavy (non-hydrogen) atoms. The summed E-state index contributed by atoms with van der Waals surface area (Å²) >= 11 is 0. The molecule has 0 bridgehead atoms. The second-order valence-corrected chi connectivity index (χ2v) is 5.81. The van der Waals surface area contributed by atoms with E-state index in [9.17, 15) is 19.7 Å². The van der Waals surface area contributed by atoms with Crippen LogP contribution in [0.5, 0.6) is 0 Å². The first-order chi connectivity index (χ1) is 12.0. The van der Waals surface area contributed by atoms with E-state index in [1.165, 1.54) is 30.6 Å². The standard InChI is InChI=1S/C16H16N4O5/c21-15(13-3-1-2-4-14(13)20(24)25)18-7-5-12(6-8-18)19-10-11(9-17-19)16(22)23/h1-4,9-10,12H,5-8H2,(H,22,23). The summed E-state index contributed by atoms with van der Waals surface area (Å²) in [5.74, 6) is -1.40. The van der Waals surface area contributed by atoms with Crippen molar-refractivity contribution in [2.45, 2.75) is 18.9 Å². The van der Waals surface area contributed by atoms with Crippen molar-refractivity contribution in [2.75, 3.05) is 13.1 Å². The maximum Gasteiger partial charge on any atom is 0.338 e. The van der Waals surface area contributed by atoms with E-state index < -0.39 is 10.9 Å². The van der Waals surface area contributed by atoms with Gasteiger partial charge in [-0.25, -0.2) is 4.79 Å². The zero-order valence-electron chi connectivity index (χ0n) is 13.2. The number of carboxylic acids is 1. The number of amides is 1. The number of rotatable bonds is 4. The molecule has 1 aliphatic heterocycles. The fraction of sp³-hybridized carbons (Fsp3) is 0.312. The van der Waals surface area contributed by atoms with Crippen LogP contribution >= 0.6 is 0 Å². The molecule has 130 valence electrons. The third kappa shape index (κ3) is 3.35. The quantitative estimate of drug-likeness (QED) is 0.669. The second kappa shape index (κ2) is 6.71. The SMILES string of the molecule is O=C(O)c1cnn(C2CCN(C(=O)c3ccccc3[N+](=O)[O-])CC2)c1. The van der Waals surface area contributed by atoms with Gasteiger partial charge in [0, 0.05) is 25.4 Å².